The van der Waals surface area contributed by atoms with Crippen molar-refractivity contribution in [3.05, 3.63) is 53.2 Å². The van der Waals surface area contributed by atoms with Gasteiger partial charge >= 0.3 is 0 Å². The van der Waals surface area contributed by atoms with Gasteiger partial charge in [0.15, 0.2) is 0 Å². The second-order valence-corrected chi connectivity index (χ2v) is 8.56. The van der Waals surface area contributed by atoms with Crippen molar-refractivity contribution in [1.29, 1.82) is 0 Å². The van der Waals surface area contributed by atoms with Gasteiger partial charge in [0.05, 0.1) is 4.90 Å². The highest BCUT2D eigenvalue weighted by atomic mass is 35.5. The summed E-state index contributed by atoms with van der Waals surface area (Å²) in [6.07, 6.45) is 2.78. The van der Waals surface area contributed by atoms with Crippen molar-refractivity contribution in [2.45, 2.75) is 37.1 Å². The molecule has 138 valence electrons. The van der Waals surface area contributed by atoms with Gasteiger partial charge < -0.3 is 5.32 Å². The van der Waals surface area contributed by atoms with Gasteiger partial charge in [0.1, 0.15) is 11.0 Å². The van der Waals surface area contributed by atoms with Gasteiger partial charge in [-0.25, -0.2) is 13.4 Å². The van der Waals surface area contributed by atoms with Crippen molar-refractivity contribution in [3.8, 4) is 0 Å². The number of carbonyl (C=O) groups excluding carboxylic acids is 1. The van der Waals surface area contributed by atoms with Gasteiger partial charge in [0.2, 0.25) is 10.0 Å². The molecule has 2 aromatic rings. The highest BCUT2D eigenvalue weighted by molar-refractivity contribution is 7.89. The third-order valence-corrected chi connectivity index (χ3v) is 6.66. The first-order chi connectivity index (χ1) is 12.4. The van der Waals surface area contributed by atoms with E-state index in [-0.39, 0.29) is 22.0 Å². The van der Waals surface area contributed by atoms with Crippen molar-refractivity contribution in [2.24, 2.45) is 0 Å². The van der Waals surface area contributed by atoms with E-state index in [4.69, 9.17) is 11.6 Å². The fourth-order valence-electron chi connectivity index (χ4n) is 3.01. The van der Waals surface area contributed by atoms with Crippen LogP contribution < -0.4 is 5.32 Å². The lowest BCUT2D eigenvalue weighted by atomic mass is 10.1. The molecule has 1 N–H and O–H groups in total. The average molecular weight is 394 g/mol. The minimum Gasteiger partial charge on any atom is -0.307 e. The Hall–Kier alpha value is -1.96. The largest absolute Gasteiger partial charge is 0.307 e. The molecule has 2 heterocycles. The number of rotatable bonds is 4. The number of benzene rings is 1. The van der Waals surface area contributed by atoms with Gasteiger partial charge in [0.25, 0.3) is 5.91 Å². The van der Waals surface area contributed by atoms with Gasteiger partial charge in [0, 0.05) is 18.2 Å². The van der Waals surface area contributed by atoms with Gasteiger partial charge in [-0.2, -0.15) is 4.31 Å². The lowest BCUT2D eigenvalue weighted by molar-refractivity contribution is 0.102. The molecule has 0 spiro atoms. The molecule has 26 heavy (non-hydrogen) atoms. The molecule has 8 heteroatoms. The Balaban J connectivity index is 1.76. The van der Waals surface area contributed by atoms with Crippen LogP contribution in [0.4, 0.5) is 5.82 Å². The first-order valence-corrected chi connectivity index (χ1v) is 10.3. The van der Waals surface area contributed by atoms with E-state index in [1.807, 2.05) is 6.92 Å². The molecule has 3 rings (SSSR count). The predicted octanol–water partition coefficient (Wildman–Crippen LogP) is 3.55. The fraction of sp³-hybridized carbons (Fsp3) is 0.333. The molecule has 0 unspecified atom stereocenters. The van der Waals surface area contributed by atoms with Gasteiger partial charge in [-0.3, -0.25) is 4.79 Å². The Bertz CT molecular complexity index is 900. The van der Waals surface area contributed by atoms with E-state index >= 15 is 0 Å². The van der Waals surface area contributed by atoms with E-state index in [9.17, 15) is 13.2 Å². The van der Waals surface area contributed by atoms with Gasteiger partial charge in [-0.1, -0.05) is 24.1 Å². The molecule has 1 saturated heterocycles. The van der Waals surface area contributed by atoms with Crippen molar-refractivity contribution >= 4 is 33.3 Å². The molecule has 0 aliphatic carbocycles. The molecule has 1 aromatic carbocycles. The SMILES string of the molecule is C[C@@H]1CCCCN1S(=O)(=O)c1ccc(C(=O)Nc2cccc(Cl)n2)cc1. The molecule has 0 bridgehead atoms. The number of anilines is 1. The number of nitrogens with zero attached hydrogens (tertiary/aromatic N) is 2. The molecule has 6 nitrogen and oxygen atoms in total. The summed E-state index contributed by atoms with van der Waals surface area (Å²) >= 11 is 5.80. The van der Waals surface area contributed by atoms with Crippen LogP contribution in [0.25, 0.3) is 0 Å². The second-order valence-electron chi connectivity index (χ2n) is 6.28. The van der Waals surface area contributed by atoms with E-state index in [1.54, 1.807) is 22.5 Å². The number of nitrogens with one attached hydrogen (secondary N) is 1. The smallest absolute Gasteiger partial charge is 0.256 e. The predicted molar refractivity (Wildman–Crippen MR) is 101 cm³/mol. The summed E-state index contributed by atoms with van der Waals surface area (Å²) in [4.78, 5) is 16.5. The normalized spacial score (nSPS) is 18.5. The number of amides is 1. The minimum absolute atomic E-state index is 0.00868. The molecule has 1 fully saturated rings. The van der Waals surface area contributed by atoms with Crippen LogP contribution in [0.5, 0.6) is 0 Å². The van der Waals surface area contributed by atoms with E-state index in [0.29, 0.717) is 17.9 Å². The molecule has 0 radical (unpaired) electrons. The summed E-state index contributed by atoms with van der Waals surface area (Å²) in [5.74, 6) is -0.0450. The summed E-state index contributed by atoms with van der Waals surface area (Å²) in [7, 11) is -3.55. The van der Waals surface area contributed by atoms with E-state index < -0.39 is 10.0 Å². The summed E-state index contributed by atoms with van der Waals surface area (Å²) in [5.41, 5.74) is 0.345. The van der Waals surface area contributed by atoms with Crippen molar-refractivity contribution < 1.29 is 13.2 Å². The number of sulfonamides is 1. The van der Waals surface area contributed by atoms with Crippen LogP contribution in [0.2, 0.25) is 5.15 Å². The standard InChI is InChI=1S/C18H20ClN3O3S/c1-13-5-2-3-12-22(13)26(24,25)15-10-8-14(9-11-15)18(23)21-17-7-4-6-16(19)20-17/h4,6-11,13H,2-3,5,12H2,1H3,(H,20,21,23)/t13-/m1/s1. The average Bonchev–Trinajstić information content (AvgIpc) is 2.62. The monoisotopic (exact) mass is 393 g/mol. The minimum atomic E-state index is -3.55. The summed E-state index contributed by atoms with van der Waals surface area (Å²) in [5, 5.41) is 2.91. The quantitative estimate of drug-likeness (QED) is 0.805. The van der Waals surface area contributed by atoms with Crippen LogP contribution in [0.1, 0.15) is 36.5 Å². The maximum atomic E-state index is 12.8. The van der Waals surface area contributed by atoms with Crippen molar-refractivity contribution in [2.75, 3.05) is 11.9 Å². The third-order valence-electron chi connectivity index (χ3n) is 4.42. The van der Waals surface area contributed by atoms with Crippen LogP contribution >= 0.6 is 11.6 Å². The number of piperidine rings is 1. The number of hydrogen-bond donors (Lipinski definition) is 1. The van der Waals surface area contributed by atoms with E-state index in [1.165, 1.54) is 24.3 Å². The summed E-state index contributed by atoms with van der Waals surface area (Å²) < 4.78 is 27.2. The van der Waals surface area contributed by atoms with E-state index in [2.05, 4.69) is 10.3 Å². The summed E-state index contributed by atoms with van der Waals surface area (Å²) in [6.45, 7) is 2.46. The molecule has 1 atom stereocenters. The molecule has 1 amide bonds. The zero-order valence-electron chi connectivity index (χ0n) is 14.4. The van der Waals surface area contributed by atoms with Crippen molar-refractivity contribution in [1.82, 2.24) is 9.29 Å². The molecular formula is C18H20ClN3O3S. The highest BCUT2D eigenvalue weighted by Gasteiger charge is 2.30. The maximum absolute atomic E-state index is 12.8. The Morgan fingerprint density at radius 2 is 1.92 bits per heavy atom. The lowest BCUT2D eigenvalue weighted by Gasteiger charge is -2.32. The van der Waals surface area contributed by atoms with Crippen LogP contribution in [0.15, 0.2) is 47.4 Å². The zero-order valence-corrected chi connectivity index (χ0v) is 15.9. The summed E-state index contributed by atoms with van der Waals surface area (Å²) in [6, 6.07) is 10.8. The van der Waals surface area contributed by atoms with Crippen LogP contribution in [-0.2, 0) is 10.0 Å². The van der Waals surface area contributed by atoms with Crippen LogP contribution in [0.3, 0.4) is 0 Å². The number of pyridine rings is 1. The number of hydrogen-bond acceptors (Lipinski definition) is 4. The maximum Gasteiger partial charge on any atom is 0.256 e. The van der Waals surface area contributed by atoms with Gasteiger partial charge in [-0.15, -0.1) is 0 Å². The zero-order chi connectivity index (χ0) is 18.7. The molecule has 0 saturated carbocycles. The van der Waals surface area contributed by atoms with Crippen LogP contribution in [-0.4, -0.2) is 36.2 Å². The fourth-order valence-corrected chi connectivity index (χ4v) is 4.87. The van der Waals surface area contributed by atoms with Crippen LogP contribution in [0, 0.1) is 0 Å². The Labute approximate surface area is 158 Å². The Kier molecular flexibility index (Phi) is 5.60. The number of carbonyl (C=O) groups is 1. The second kappa shape index (κ2) is 7.73. The highest BCUT2D eigenvalue weighted by Crippen LogP contribution is 2.25. The number of halogens is 1. The first-order valence-electron chi connectivity index (χ1n) is 8.44. The molecule has 1 aromatic heterocycles. The van der Waals surface area contributed by atoms with E-state index in [0.717, 1.165) is 19.3 Å². The first kappa shape index (κ1) is 18.8. The van der Waals surface area contributed by atoms with Gasteiger partial charge in [-0.05, 0) is 56.2 Å². The Morgan fingerprint density at radius 3 is 2.58 bits per heavy atom. The molecule has 1 aliphatic heterocycles. The number of aromatic nitrogens is 1. The molecular weight excluding hydrogens is 374 g/mol. The van der Waals surface area contributed by atoms with Crippen molar-refractivity contribution in [3.63, 3.8) is 0 Å². The third kappa shape index (κ3) is 4.06. The Morgan fingerprint density at radius 1 is 1.19 bits per heavy atom. The topological polar surface area (TPSA) is 79.4 Å². The lowest BCUT2D eigenvalue weighted by Crippen LogP contribution is -2.41. The molecule has 1 aliphatic rings.